The van der Waals surface area contributed by atoms with E-state index in [1.807, 2.05) is 18.2 Å². The van der Waals surface area contributed by atoms with Gasteiger partial charge in [0.05, 0.1) is 10.4 Å². The standard InChI is InChI=1S/C16H15BrCl2/c1-2-3-11-4-6-12(7-5-11)16(19)13-8-9-14(17)15(18)10-13/h4-10,16H,2-3H2,1H3. The average molecular weight is 358 g/mol. The van der Waals surface area contributed by atoms with Crippen molar-refractivity contribution in [2.45, 2.75) is 25.1 Å². The van der Waals surface area contributed by atoms with E-state index >= 15 is 0 Å². The van der Waals surface area contributed by atoms with Crippen LogP contribution in [0.3, 0.4) is 0 Å². The number of alkyl halides is 1. The average Bonchev–Trinajstić information content (AvgIpc) is 2.42. The quantitative estimate of drug-likeness (QED) is 0.556. The second-order valence-corrected chi connectivity index (χ2v) is 6.23. The van der Waals surface area contributed by atoms with Gasteiger partial charge in [-0.15, -0.1) is 11.6 Å². The van der Waals surface area contributed by atoms with Crippen molar-refractivity contribution >= 4 is 39.1 Å². The Labute approximate surface area is 132 Å². The Balaban J connectivity index is 2.22. The molecule has 0 nitrogen and oxygen atoms in total. The molecule has 1 atom stereocenters. The molecule has 100 valence electrons. The largest absolute Gasteiger partial charge is 0.113 e. The van der Waals surface area contributed by atoms with Gasteiger partial charge in [-0.3, -0.25) is 0 Å². The highest BCUT2D eigenvalue weighted by Crippen LogP contribution is 2.33. The maximum atomic E-state index is 6.51. The molecule has 0 spiro atoms. The Morgan fingerprint density at radius 1 is 1.05 bits per heavy atom. The molecule has 0 heterocycles. The van der Waals surface area contributed by atoms with Crippen molar-refractivity contribution in [2.24, 2.45) is 0 Å². The summed E-state index contributed by atoms with van der Waals surface area (Å²) in [5, 5.41) is 0.520. The van der Waals surface area contributed by atoms with Crippen LogP contribution in [-0.2, 0) is 6.42 Å². The molecule has 0 amide bonds. The molecule has 0 aliphatic heterocycles. The van der Waals surface area contributed by atoms with Gasteiger partial charge in [0.15, 0.2) is 0 Å². The highest BCUT2D eigenvalue weighted by atomic mass is 79.9. The van der Waals surface area contributed by atoms with Gasteiger partial charge in [-0.05, 0) is 51.2 Å². The SMILES string of the molecule is CCCc1ccc(C(Cl)c2ccc(Br)c(Cl)c2)cc1. The molecule has 2 aromatic rings. The maximum absolute atomic E-state index is 6.51. The molecule has 0 saturated heterocycles. The molecule has 0 aromatic heterocycles. The molecule has 0 bridgehead atoms. The van der Waals surface area contributed by atoms with Crippen LogP contribution in [-0.4, -0.2) is 0 Å². The van der Waals surface area contributed by atoms with Gasteiger partial charge in [0.25, 0.3) is 0 Å². The first-order chi connectivity index (χ1) is 9.11. The second-order valence-electron chi connectivity index (χ2n) is 4.53. The van der Waals surface area contributed by atoms with E-state index in [-0.39, 0.29) is 5.38 Å². The minimum Gasteiger partial charge on any atom is -0.113 e. The van der Waals surface area contributed by atoms with E-state index in [2.05, 4.69) is 47.1 Å². The minimum absolute atomic E-state index is 0.165. The van der Waals surface area contributed by atoms with Gasteiger partial charge >= 0.3 is 0 Å². The van der Waals surface area contributed by atoms with Crippen molar-refractivity contribution in [1.29, 1.82) is 0 Å². The van der Waals surface area contributed by atoms with Crippen molar-refractivity contribution in [2.75, 3.05) is 0 Å². The van der Waals surface area contributed by atoms with E-state index in [1.165, 1.54) is 5.56 Å². The van der Waals surface area contributed by atoms with Crippen LogP contribution in [0.5, 0.6) is 0 Å². The first-order valence-corrected chi connectivity index (χ1v) is 7.90. The summed E-state index contributed by atoms with van der Waals surface area (Å²) in [5.41, 5.74) is 3.46. The number of halogens is 3. The van der Waals surface area contributed by atoms with Crippen molar-refractivity contribution in [1.82, 2.24) is 0 Å². The monoisotopic (exact) mass is 356 g/mol. The van der Waals surface area contributed by atoms with E-state index in [0.29, 0.717) is 5.02 Å². The molecule has 3 heteroatoms. The third-order valence-electron chi connectivity index (χ3n) is 3.05. The minimum atomic E-state index is -0.165. The van der Waals surface area contributed by atoms with Gasteiger partial charge in [-0.1, -0.05) is 55.3 Å². The van der Waals surface area contributed by atoms with Gasteiger partial charge in [-0.25, -0.2) is 0 Å². The van der Waals surface area contributed by atoms with Gasteiger partial charge in [0.1, 0.15) is 0 Å². The van der Waals surface area contributed by atoms with E-state index in [9.17, 15) is 0 Å². The fourth-order valence-corrected chi connectivity index (χ4v) is 2.72. The van der Waals surface area contributed by atoms with Gasteiger partial charge in [-0.2, -0.15) is 0 Å². The Morgan fingerprint density at radius 3 is 2.26 bits per heavy atom. The van der Waals surface area contributed by atoms with E-state index in [1.54, 1.807) is 0 Å². The molecule has 2 aromatic carbocycles. The molecule has 0 aliphatic rings. The lowest BCUT2D eigenvalue weighted by atomic mass is 10.0. The molecule has 0 saturated carbocycles. The van der Waals surface area contributed by atoms with E-state index in [4.69, 9.17) is 23.2 Å². The summed E-state index contributed by atoms with van der Waals surface area (Å²) in [4.78, 5) is 0. The van der Waals surface area contributed by atoms with Crippen molar-refractivity contribution < 1.29 is 0 Å². The Hall–Kier alpha value is -0.500. The zero-order valence-corrected chi connectivity index (χ0v) is 13.8. The van der Waals surface area contributed by atoms with Crippen molar-refractivity contribution in [3.8, 4) is 0 Å². The maximum Gasteiger partial charge on any atom is 0.0835 e. The fraction of sp³-hybridized carbons (Fsp3) is 0.250. The smallest absolute Gasteiger partial charge is 0.0835 e. The summed E-state index contributed by atoms with van der Waals surface area (Å²) in [5.74, 6) is 0. The summed E-state index contributed by atoms with van der Waals surface area (Å²) in [6, 6.07) is 14.3. The predicted molar refractivity (Wildman–Crippen MR) is 87.3 cm³/mol. The molecule has 0 fully saturated rings. The Kier molecular flexibility index (Phi) is 5.32. The highest BCUT2D eigenvalue weighted by Gasteiger charge is 2.12. The molecule has 19 heavy (non-hydrogen) atoms. The number of benzene rings is 2. The molecule has 0 aliphatic carbocycles. The molecular formula is C16H15BrCl2. The summed E-state index contributed by atoms with van der Waals surface area (Å²) >= 11 is 16.0. The van der Waals surface area contributed by atoms with Gasteiger partial charge in [0, 0.05) is 4.47 Å². The fourth-order valence-electron chi connectivity index (χ4n) is 2.00. The second kappa shape index (κ2) is 6.78. The number of hydrogen-bond acceptors (Lipinski definition) is 0. The number of aryl methyl sites for hydroxylation is 1. The van der Waals surface area contributed by atoms with Crippen molar-refractivity contribution in [3.05, 3.63) is 68.7 Å². The van der Waals surface area contributed by atoms with E-state index < -0.39 is 0 Å². The summed E-state index contributed by atoms with van der Waals surface area (Å²) in [7, 11) is 0. The molecule has 0 radical (unpaired) electrons. The third-order valence-corrected chi connectivity index (χ3v) is 4.78. The Morgan fingerprint density at radius 2 is 1.68 bits per heavy atom. The topological polar surface area (TPSA) is 0 Å². The predicted octanol–water partition coefficient (Wildman–Crippen LogP) is 6.38. The number of rotatable bonds is 4. The molecule has 1 unspecified atom stereocenters. The third kappa shape index (κ3) is 3.75. The molecule has 0 N–H and O–H groups in total. The van der Waals surface area contributed by atoms with Crippen LogP contribution in [0.4, 0.5) is 0 Å². The van der Waals surface area contributed by atoms with Crippen LogP contribution in [0.25, 0.3) is 0 Å². The normalized spacial score (nSPS) is 12.4. The van der Waals surface area contributed by atoms with E-state index in [0.717, 1.165) is 28.4 Å². The van der Waals surface area contributed by atoms with Gasteiger partial charge in [0.2, 0.25) is 0 Å². The van der Waals surface area contributed by atoms with Crippen LogP contribution < -0.4 is 0 Å². The molecular weight excluding hydrogens is 343 g/mol. The van der Waals surface area contributed by atoms with Crippen LogP contribution >= 0.6 is 39.1 Å². The lowest BCUT2D eigenvalue weighted by Gasteiger charge is -2.12. The van der Waals surface area contributed by atoms with Crippen molar-refractivity contribution in [3.63, 3.8) is 0 Å². The summed E-state index contributed by atoms with van der Waals surface area (Å²) in [6.07, 6.45) is 2.27. The number of hydrogen-bond donors (Lipinski definition) is 0. The zero-order chi connectivity index (χ0) is 13.8. The first kappa shape index (κ1) is 14.9. The van der Waals surface area contributed by atoms with Crippen LogP contribution in [0.15, 0.2) is 46.9 Å². The zero-order valence-electron chi connectivity index (χ0n) is 10.7. The van der Waals surface area contributed by atoms with Gasteiger partial charge < -0.3 is 0 Å². The first-order valence-electron chi connectivity index (χ1n) is 6.29. The lowest BCUT2D eigenvalue weighted by Crippen LogP contribution is -1.94. The Bertz CT molecular complexity index is 549. The lowest BCUT2D eigenvalue weighted by molar-refractivity contribution is 0.920. The van der Waals surface area contributed by atoms with Crippen LogP contribution in [0, 0.1) is 0 Å². The molecule has 2 rings (SSSR count). The summed E-state index contributed by atoms with van der Waals surface area (Å²) < 4.78 is 0.889. The van der Waals surface area contributed by atoms with Crippen LogP contribution in [0.2, 0.25) is 5.02 Å². The summed E-state index contributed by atoms with van der Waals surface area (Å²) in [6.45, 7) is 2.18. The van der Waals surface area contributed by atoms with Crippen LogP contribution in [0.1, 0.15) is 35.4 Å². The highest BCUT2D eigenvalue weighted by molar-refractivity contribution is 9.10.